The van der Waals surface area contributed by atoms with Crippen molar-refractivity contribution >= 4 is 40.3 Å². The minimum Gasteiger partial charge on any atom is -0.359 e. The molecule has 5 rings (SSSR count). The van der Waals surface area contributed by atoms with Crippen molar-refractivity contribution < 1.29 is 9.59 Å². The van der Waals surface area contributed by atoms with Crippen LogP contribution in [0.25, 0.3) is 11.4 Å². The van der Waals surface area contributed by atoms with E-state index in [1.807, 2.05) is 33.9 Å². The largest absolute Gasteiger partial charge is 0.359 e. The van der Waals surface area contributed by atoms with Crippen LogP contribution in [0.4, 0.5) is 5.69 Å². The average molecular weight is 508 g/mol. The topological polar surface area (TPSA) is 89.2 Å². The van der Waals surface area contributed by atoms with Crippen LogP contribution in [-0.4, -0.2) is 45.4 Å². The van der Waals surface area contributed by atoms with Crippen LogP contribution in [0.15, 0.2) is 72.0 Å². The van der Waals surface area contributed by atoms with Crippen LogP contribution in [0.1, 0.15) is 21.8 Å². The first-order valence-corrected chi connectivity index (χ1v) is 12.3. The van der Waals surface area contributed by atoms with E-state index in [1.165, 1.54) is 17.4 Å². The van der Waals surface area contributed by atoms with Gasteiger partial charge < -0.3 is 14.8 Å². The first-order chi connectivity index (χ1) is 17.0. The summed E-state index contributed by atoms with van der Waals surface area (Å²) >= 11 is 7.22. The zero-order valence-electron chi connectivity index (χ0n) is 18.7. The number of Topliss-reactive ketones (excluding diaryl/α,β-unsaturated/α-hetero) is 1. The van der Waals surface area contributed by atoms with Crippen LogP contribution in [0, 0.1) is 0 Å². The van der Waals surface area contributed by atoms with Gasteiger partial charge in [-0.25, -0.2) is 4.98 Å². The SMILES string of the molecule is O=C1CN(c2cc(-n3ccccc3=O)ccc2-n2cnc(CCC(=O)c3ccc(Cl)s3)c2)CCN1. The number of anilines is 1. The summed E-state index contributed by atoms with van der Waals surface area (Å²) in [6, 6.07) is 14.2. The lowest BCUT2D eigenvalue weighted by molar-refractivity contribution is -0.120. The minimum atomic E-state index is -0.135. The summed E-state index contributed by atoms with van der Waals surface area (Å²) in [5.41, 5.74) is 3.01. The Kier molecular flexibility index (Phi) is 6.52. The molecule has 0 radical (unpaired) electrons. The van der Waals surface area contributed by atoms with Gasteiger partial charge in [-0.2, -0.15) is 0 Å². The van der Waals surface area contributed by atoms with Gasteiger partial charge in [0.2, 0.25) is 5.91 Å². The number of aromatic nitrogens is 3. The highest BCUT2D eigenvalue weighted by atomic mass is 35.5. The summed E-state index contributed by atoms with van der Waals surface area (Å²) < 4.78 is 4.05. The fourth-order valence-corrected chi connectivity index (χ4v) is 5.08. The Bertz CT molecular complexity index is 1460. The van der Waals surface area contributed by atoms with Gasteiger partial charge in [0.1, 0.15) is 0 Å². The number of amides is 1. The first kappa shape index (κ1) is 23.1. The maximum atomic E-state index is 12.4. The lowest BCUT2D eigenvalue weighted by Crippen LogP contribution is -2.48. The molecule has 0 atom stereocenters. The van der Waals surface area contributed by atoms with Crippen LogP contribution in [0.2, 0.25) is 4.34 Å². The molecule has 0 spiro atoms. The van der Waals surface area contributed by atoms with Crippen molar-refractivity contribution in [3.8, 4) is 11.4 Å². The van der Waals surface area contributed by atoms with E-state index >= 15 is 0 Å². The number of piperazine rings is 1. The van der Waals surface area contributed by atoms with Gasteiger partial charge in [0.05, 0.1) is 44.8 Å². The molecule has 1 saturated heterocycles. The monoisotopic (exact) mass is 507 g/mol. The van der Waals surface area contributed by atoms with Gasteiger partial charge in [-0.05, 0) is 42.8 Å². The normalized spacial score (nSPS) is 13.6. The Hall–Kier alpha value is -3.69. The number of thiophene rings is 1. The molecule has 8 nitrogen and oxygen atoms in total. The number of carbonyl (C=O) groups is 2. The van der Waals surface area contributed by atoms with E-state index in [-0.39, 0.29) is 23.8 Å². The molecule has 0 aliphatic carbocycles. The molecule has 1 fully saturated rings. The fourth-order valence-electron chi connectivity index (χ4n) is 4.07. The lowest BCUT2D eigenvalue weighted by Gasteiger charge is -2.30. The third-order valence-corrected chi connectivity index (χ3v) is 7.08. The summed E-state index contributed by atoms with van der Waals surface area (Å²) in [7, 11) is 0. The summed E-state index contributed by atoms with van der Waals surface area (Å²) in [5.74, 6) is -0.0166. The molecule has 4 heterocycles. The number of rotatable bonds is 7. The summed E-state index contributed by atoms with van der Waals surface area (Å²) in [5, 5.41) is 2.85. The van der Waals surface area contributed by atoms with Crippen molar-refractivity contribution in [3.63, 3.8) is 0 Å². The second-order valence-electron chi connectivity index (χ2n) is 8.15. The number of aryl methyl sites for hydroxylation is 1. The molecule has 10 heteroatoms. The summed E-state index contributed by atoms with van der Waals surface area (Å²) in [6.45, 7) is 1.41. The van der Waals surface area contributed by atoms with Crippen molar-refractivity contribution in [1.29, 1.82) is 0 Å². The van der Waals surface area contributed by atoms with Crippen LogP contribution >= 0.6 is 22.9 Å². The van der Waals surface area contributed by atoms with Crippen LogP contribution < -0.4 is 15.8 Å². The highest BCUT2D eigenvalue weighted by molar-refractivity contribution is 7.18. The van der Waals surface area contributed by atoms with Crippen LogP contribution in [0.3, 0.4) is 0 Å². The van der Waals surface area contributed by atoms with Gasteiger partial charge in [0.25, 0.3) is 5.56 Å². The van der Waals surface area contributed by atoms with Crippen LogP contribution in [-0.2, 0) is 11.2 Å². The first-order valence-electron chi connectivity index (χ1n) is 11.1. The Labute approximate surface area is 210 Å². The van der Waals surface area contributed by atoms with Gasteiger partial charge in [-0.1, -0.05) is 17.7 Å². The number of nitrogens with one attached hydrogen (secondary N) is 1. The Morgan fingerprint density at radius 2 is 2.00 bits per heavy atom. The van der Waals surface area contributed by atoms with Gasteiger partial charge in [-0.15, -0.1) is 11.3 Å². The molecule has 1 aliphatic rings. The molecule has 0 saturated carbocycles. The van der Waals surface area contributed by atoms with Gasteiger partial charge in [0, 0.05) is 38.0 Å². The molecule has 0 unspecified atom stereocenters. The molecular formula is C25H22ClN5O3S. The minimum absolute atomic E-state index is 0.0362. The molecule has 1 amide bonds. The molecule has 1 aromatic carbocycles. The third kappa shape index (κ3) is 5.06. The number of carbonyl (C=O) groups excluding carboxylic acids is 2. The van der Waals surface area contributed by atoms with Gasteiger partial charge >= 0.3 is 0 Å². The third-order valence-electron chi connectivity index (χ3n) is 5.81. The number of halogens is 1. The molecule has 35 heavy (non-hydrogen) atoms. The van der Waals surface area contributed by atoms with E-state index in [2.05, 4.69) is 10.3 Å². The van der Waals surface area contributed by atoms with Crippen molar-refractivity contribution in [1.82, 2.24) is 19.4 Å². The second kappa shape index (κ2) is 9.89. The Morgan fingerprint density at radius 1 is 1.11 bits per heavy atom. The fraction of sp³-hybridized carbons (Fsp3) is 0.200. The molecule has 1 aliphatic heterocycles. The Morgan fingerprint density at radius 3 is 2.77 bits per heavy atom. The zero-order chi connectivity index (χ0) is 24.4. The maximum absolute atomic E-state index is 12.4. The highest BCUT2D eigenvalue weighted by Gasteiger charge is 2.21. The number of hydrogen-bond acceptors (Lipinski definition) is 6. The van der Waals surface area contributed by atoms with Crippen molar-refractivity contribution in [3.05, 3.63) is 92.5 Å². The summed E-state index contributed by atoms with van der Waals surface area (Å²) in [6.07, 6.45) is 6.16. The summed E-state index contributed by atoms with van der Waals surface area (Å²) in [4.78, 5) is 44.1. The molecule has 1 N–H and O–H groups in total. The van der Waals surface area contributed by atoms with E-state index in [1.54, 1.807) is 41.4 Å². The predicted molar refractivity (Wildman–Crippen MR) is 136 cm³/mol. The highest BCUT2D eigenvalue weighted by Crippen LogP contribution is 2.28. The number of ketones is 1. The smallest absolute Gasteiger partial charge is 0.255 e. The Balaban J connectivity index is 1.44. The van der Waals surface area contributed by atoms with Crippen molar-refractivity contribution in [2.75, 3.05) is 24.5 Å². The molecule has 178 valence electrons. The molecule has 3 aromatic heterocycles. The predicted octanol–water partition coefficient (Wildman–Crippen LogP) is 3.49. The number of nitrogens with zero attached hydrogens (tertiary/aromatic N) is 4. The number of hydrogen-bond donors (Lipinski definition) is 1. The molecular weight excluding hydrogens is 486 g/mol. The number of benzene rings is 1. The maximum Gasteiger partial charge on any atom is 0.255 e. The lowest BCUT2D eigenvalue weighted by atomic mass is 10.1. The molecule has 0 bridgehead atoms. The van der Waals surface area contributed by atoms with Crippen LogP contribution in [0.5, 0.6) is 0 Å². The quantitative estimate of drug-likeness (QED) is 0.387. The molecule has 4 aromatic rings. The van der Waals surface area contributed by atoms with E-state index in [0.717, 1.165) is 17.1 Å². The average Bonchev–Trinajstić information content (AvgIpc) is 3.52. The van der Waals surface area contributed by atoms with E-state index < -0.39 is 0 Å². The zero-order valence-corrected chi connectivity index (χ0v) is 20.3. The van der Waals surface area contributed by atoms with Crippen molar-refractivity contribution in [2.24, 2.45) is 0 Å². The number of imidazole rings is 1. The number of pyridine rings is 1. The van der Waals surface area contributed by atoms with Gasteiger partial charge in [0.15, 0.2) is 5.78 Å². The van der Waals surface area contributed by atoms with E-state index in [0.29, 0.717) is 40.8 Å². The van der Waals surface area contributed by atoms with Gasteiger partial charge in [-0.3, -0.25) is 19.0 Å². The van der Waals surface area contributed by atoms with Crippen molar-refractivity contribution in [2.45, 2.75) is 12.8 Å². The van der Waals surface area contributed by atoms with E-state index in [9.17, 15) is 14.4 Å². The van der Waals surface area contributed by atoms with E-state index in [4.69, 9.17) is 11.6 Å². The standard InChI is InChI=1S/C25H22ClN5O3S/c26-23-9-8-22(35-23)21(32)7-4-17-14-30(16-28-17)19-6-5-18(31-11-2-1-3-25(31)34)13-20(19)29-12-10-27-24(33)15-29/h1-3,5-6,8-9,11,13-14,16H,4,7,10,12,15H2,(H,27,33). The second-order valence-corrected chi connectivity index (χ2v) is 9.87.